The van der Waals surface area contributed by atoms with Crippen LogP contribution >= 0.6 is 24.0 Å². The van der Waals surface area contributed by atoms with Crippen LogP contribution in [0.3, 0.4) is 0 Å². The number of nitrogens with one attached hydrogen (secondary N) is 2. The summed E-state index contributed by atoms with van der Waals surface area (Å²) >= 11 is 0. The van der Waals surface area contributed by atoms with Crippen LogP contribution in [0.4, 0.5) is 5.69 Å². The molecule has 0 spiro atoms. The van der Waals surface area contributed by atoms with Gasteiger partial charge in [0, 0.05) is 45.3 Å². The van der Waals surface area contributed by atoms with Crippen molar-refractivity contribution in [3.63, 3.8) is 0 Å². The van der Waals surface area contributed by atoms with Gasteiger partial charge in [0.05, 0.1) is 0 Å². The first-order chi connectivity index (χ1) is 12.2. The molecule has 2 fully saturated rings. The SMILES string of the molecule is CN=C(NCc1ccc(N2CCCC2=O)cc1)NCC1CCN(C)C1.I. The topological polar surface area (TPSA) is 60.0 Å². The molecule has 2 heterocycles. The Morgan fingerprint density at radius 3 is 2.58 bits per heavy atom. The second-order valence-electron chi connectivity index (χ2n) is 7.04. The molecule has 7 heteroatoms. The maximum Gasteiger partial charge on any atom is 0.227 e. The number of carbonyl (C=O) groups is 1. The highest BCUT2D eigenvalue weighted by molar-refractivity contribution is 14.0. The maximum atomic E-state index is 11.8. The Hall–Kier alpha value is -1.35. The van der Waals surface area contributed by atoms with Crippen LogP contribution in [-0.2, 0) is 11.3 Å². The Labute approximate surface area is 173 Å². The fourth-order valence-electron chi connectivity index (χ4n) is 3.56. The number of carbonyl (C=O) groups excluding carboxylic acids is 1. The van der Waals surface area contributed by atoms with Crippen LogP contribution in [0.2, 0.25) is 0 Å². The normalized spacial score (nSPS) is 21.0. The Morgan fingerprint density at radius 1 is 1.23 bits per heavy atom. The number of likely N-dealkylation sites (tertiary alicyclic amines) is 1. The lowest BCUT2D eigenvalue weighted by molar-refractivity contribution is -0.117. The molecule has 0 aliphatic carbocycles. The largest absolute Gasteiger partial charge is 0.356 e. The predicted molar refractivity (Wildman–Crippen MR) is 117 cm³/mol. The number of amides is 1. The lowest BCUT2D eigenvalue weighted by atomic mass is 10.1. The van der Waals surface area contributed by atoms with Gasteiger partial charge in [-0.1, -0.05) is 12.1 Å². The van der Waals surface area contributed by atoms with Crippen LogP contribution in [-0.4, -0.2) is 57.0 Å². The van der Waals surface area contributed by atoms with E-state index in [1.165, 1.54) is 18.5 Å². The summed E-state index contributed by atoms with van der Waals surface area (Å²) in [6.45, 7) is 4.85. The second-order valence-corrected chi connectivity index (χ2v) is 7.04. The van der Waals surface area contributed by atoms with Gasteiger partial charge in [-0.25, -0.2) is 0 Å². The van der Waals surface area contributed by atoms with Gasteiger partial charge in [0.2, 0.25) is 5.91 Å². The minimum Gasteiger partial charge on any atom is -0.356 e. The second kappa shape index (κ2) is 10.1. The molecule has 2 saturated heterocycles. The monoisotopic (exact) mass is 471 g/mol. The zero-order valence-electron chi connectivity index (χ0n) is 15.7. The quantitative estimate of drug-likeness (QED) is 0.392. The molecule has 26 heavy (non-hydrogen) atoms. The Kier molecular flexibility index (Phi) is 8.15. The summed E-state index contributed by atoms with van der Waals surface area (Å²) < 4.78 is 0. The summed E-state index contributed by atoms with van der Waals surface area (Å²) in [5.74, 6) is 1.77. The molecule has 0 saturated carbocycles. The summed E-state index contributed by atoms with van der Waals surface area (Å²) in [6, 6.07) is 8.22. The highest BCUT2D eigenvalue weighted by Crippen LogP contribution is 2.21. The van der Waals surface area contributed by atoms with Crippen LogP contribution in [0, 0.1) is 5.92 Å². The molecule has 1 atom stereocenters. The lowest BCUT2D eigenvalue weighted by Crippen LogP contribution is -2.39. The Morgan fingerprint density at radius 2 is 2.00 bits per heavy atom. The minimum atomic E-state index is 0. The third-order valence-electron chi connectivity index (χ3n) is 5.05. The minimum absolute atomic E-state index is 0. The fraction of sp³-hybridized carbons (Fsp3) is 0.579. The van der Waals surface area contributed by atoms with E-state index < -0.39 is 0 Å². The number of anilines is 1. The molecular weight excluding hydrogens is 441 g/mol. The van der Waals surface area contributed by atoms with Gasteiger partial charge in [-0.05, 0) is 50.0 Å². The van der Waals surface area contributed by atoms with Crippen molar-refractivity contribution < 1.29 is 4.79 Å². The van der Waals surface area contributed by atoms with Crippen LogP contribution < -0.4 is 15.5 Å². The average molecular weight is 471 g/mol. The molecule has 3 rings (SSSR count). The smallest absolute Gasteiger partial charge is 0.227 e. The van der Waals surface area contributed by atoms with Crippen molar-refractivity contribution in [2.45, 2.75) is 25.8 Å². The standard InChI is InChI=1S/C19H29N5O.HI/c1-20-19(22-13-16-9-11-23(2)14-16)21-12-15-5-7-17(8-6-15)24-10-3-4-18(24)25;/h5-8,16H,3-4,9-14H2,1-2H3,(H2,20,21,22);1H. The van der Waals surface area contributed by atoms with Crippen molar-refractivity contribution in [1.82, 2.24) is 15.5 Å². The van der Waals surface area contributed by atoms with E-state index in [0.717, 1.165) is 44.2 Å². The van der Waals surface area contributed by atoms with E-state index in [9.17, 15) is 4.79 Å². The van der Waals surface area contributed by atoms with Gasteiger partial charge < -0.3 is 20.4 Å². The number of hydrogen-bond donors (Lipinski definition) is 2. The first-order valence-electron chi connectivity index (χ1n) is 9.18. The molecule has 0 radical (unpaired) electrons. The zero-order valence-corrected chi connectivity index (χ0v) is 18.0. The van der Waals surface area contributed by atoms with Crippen LogP contribution in [0.15, 0.2) is 29.3 Å². The summed E-state index contributed by atoms with van der Waals surface area (Å²) in [6.07, 6.45) is 2.88. The van der Waals surface area contributed by atoms with Crippen molar-refractivity contribution in [1.29, 1.82) is 0 Å². The van der Waals surface area contributed by atoms with E-state index >= 15 is 0 Å². The summed E-state index contributed by atoms with van der Waals surface area (Å²) in [4.78, 5) is 20.3. The van der Waals surface area contributed by atoms with Crippen LogP contribution in [0.25, 0.3) is 0 Å². The number of nitrogens with zero attached hydrogens (tertiary/aromatic N) is 3. The van der Waals surface area contributed by atoms with Gasteiger partial charge in [-0.3, -0.25) is 9.79 Å². The van der Waals surface area contributed by atoms with Gasteiger partial charge in [-0.2, -0.15) is 0 Å². The number of rotatable bonds is 5. The van der Waals surface area contributed by atoms with E-state index in [4.69, 9.17) is 0 Å². The summed E-state index contributed by atoms with van der Waals surface area (Å²) in [7, 11) is 3.98. The molecule has 6 nitrogen and oxygen atoms in total. The number of aliphatic imine (C=N–C) groups is 1. The predicted octanol–water partition coefficient (Wildman–Crippen LogP) is 2.05. The van der Waals surface area contributed by atoms with Crippen molar-refractivity contribution in [3.8, 4) is 0 Å². The van der Waals surface area contributed by atoms with Crippen LogP contribution in [0.1, 0.15) is 24.8 Å². The maximum absolute atomic E-state index is 11.8. The summed E-state index contributed by atoms with van der Waals surface area (Å²) in [5, 5.41) is 6.79. The molecule has 1 amide bonds. The molecule has 1 unspecified atom stereocenters. The molecule has 0 bridgehead atoms. The zero-order chi connectivity index (χ0) is 17.6. The number of hydrogen-bond acceptors (Lipinski definition) is 3. The number of benzene rings is 1. The average Bonchev–Trinajstić information content (AvgIpc) is 3.24. The Bertz CT molecular complexity index is 619. The van der Waals surface area contributed by atoms with Gasteiger partial charge in [0.15, 0.2) is 5.96 Å². The van der Waals surface area contributed by atoms with Crippen LogP contribution in [0.5, 0.6) is 0 Å². The third-order valence-corrected chi connectivity index (χ3v) is 5.05. The number of halogens is 1. The van der Waals surface area contributed by atoms with Gasteiger partial charge in [0.1, 0.15) is 0 Å². The van der Waals surface area contributed by atoms with Crippen molar-refractivity contribution >= 4 is 41.5 Å². The molecule has 2 N–H and O–H groups in total. The first-order valence-corrected chi connectivity index (χ1v) is 9.18. The van der Waals surface area contributed by atoms with Gasteiger partial charge >= 0.3 is 0 Å². The molecular formula is C19H30IN5O. The summed E-state index contributed by atoms with van der Waals surface area (Å²) in [5.41, 5.74) is 2.18. The molecule has 0 aromatic heterocycles. The Balaban J connectivity index is 0.00000243. The highest BCUT2D eigenvalue weighted by Gasteiger charge is 2.21. The van der Waals surface area contributed by atoms with Gasteiger partial charge in [0.25, 0.3) is 0 Å². The van der Waals surface area contributed by atoms with Gasteiger partial charge in [-0.15, -0.1) is 24.0 Å². The molecule has 2 aliphatic rings. The van der Waals surface area contributed by atoms with Crippen molar-refractivity contribution in [3.05, 3.63) is 29.8 Å². The van der Waals surface area contributed by atoms with Crippen molar-refractivity contribution in [2.24, 2.45) is 10.9 Å². The molecule has 2 aliphatic heterocycles. The van der Waals surface area contributed by atoms with E-state index in [-0.39, 0.29) is 29.9 Å². The van der Waals surface area contributed by atoms with E-state index in [2.05, 4.69) is 39.7 Å². The lowest BCUT2D eigenvalue weighted by Gasteiger charge is -2.17. The third kappa shape index (κ3) is 5.57. The highest BCUT2D eigenvalue weighted by atomic mass is 127. The fourth-order valence-corrected chi connectivity index (χ4v) is 3.56. The van der Waals surface area contributed by atoms with E-state index in [0.29, 0.717) is 12.3 Å². The molecule has 1 aromatic rings. The van der Waals surface area contributed by atoms with Crippen molar-refractivity contribution in [2.75, 3.05) is 45.2 Å². The molecule has 144 valence electrons. The van der Waals surface area contributed by atoms with E-state index in [1.54, 1.807) is 7.05 Å². The van der Waals surface area contributed by atoms with E-state index in [1.807, 2.05) is 17.0 Å². The number of guanidine groups is 1. The molecule has 1 aromatic carbocycles. The first kappa shape index (κ1) is 21.0.